The van der Waals surface area contributed by atoms with Gasteiger partial charge >= 0.3 is 0 Å². The second kappa shape index (κ2) is 7.01. The molecule has 3 aromatic rings. The molecule has 0 spiro atoms. The van der Waals surface area contributed by atoms with Gasteiger partial charge in [0.2, 0.25) is 6.79 Å². The van der Waals surface area contributed by atoms with E-state index in [4.69, 9.17) is 21.1 Å². The van der Waals surface area contributed by atoms with Gasteiger partial charge in [0, 0.05) is 23.2 Å². The molecule has 1 aromatic heterocycles. The number of Topliss-reactive ketones (excluding diaryl/α,β-unsaturated/α-hetero) is 1. The van der Waals surface area contributed by atoms with Gasteiger partial charge in [0.25, 0.3) is 0 Å². The molecule has 0 unspecified atom stereocenters. The Morgan fingerprint density at radius 2 is 1.92 bits per heavy atom. The SMILES string of the molecule is Cn1c(SCC(=O)c2ccc(Cl)cc2)nnc1-c1ccc2c(c1)OCO2. The summed E-state index contributed by atoms with van der Waals surface area (Å²) in [6.45, 7) is 0.228. The van der Waals surface area contributed by atoms with Crippen LogP contribution in [0.5, 0.6) is 11.5 Å². The predicted octanol–water partition coefficient (Wildman–Crippen LogP) is 3.84. The molecule has 2 aromatic carbocycles. The third kappa shape index (κ3) is 3.27. The highest BCUT2D eigenvalue weighted by Crippen LogP contribution is 2.35. The second-order valence-electron chi connectivity index (χ2n) is 5.65. The number of nitrogens with zero attached hydrogens (tertiary/aromatic N) is 3. The Morgan fingerprint density at radius 1 is 1.15 bits per heavy atom. The molecule has 26 heavy (non-hydrogen) atoms. The average molecular weight is 388 g/mol. The van der Waals surface area contributed by atoms with Gasteiger partial charge in [-0.15, -0.1) is 10.2 Å². The summed E-state index contributed by atoms with van der Waals surface area (Å²) >= 11 is 7.20. The number of benzene rings is 2. The molecule has 0 saturated heterocycles. The van der Waals surface area contributed by atoms with Crippen LogP contribution in [0.25, 0.3) is 11.4 Å². The minimum absolute atomic E-state index is 0.0132. The van der Waals surface area contributed by atoms with Crippen molar-refractivity contribution in [2.45, 2.75) is 5.16 Å². The van der Waals surface area contributed by atoms with Crippen molar-refractivity contribution in [2.24, 2.45) is 7.05 Å². The summed E-state index contributed by atoms with van der Waals surface area (Å²) in [5.41, 5.74) is 1.50. The second-order valence-corrected chi connectivity index (χ2v) is 7.03. The van der Waals surface area contributed by atoms with E-state index in [1.54, 1.807) is 24.3 Å². The van der Waals surface area contributed by atoms with E-state index >= 15 is 0 Å². The average Bonchev–Trinajstić information content (AvgIpc) is 3.26. The van der Waals surface area contributed by atoms with Gasteiger partial charge in [0.15, 0.2) is 28.3 Å². The summed E-state index contributed by atoms with van der Waals surface area (Å²) in [5.74, 6) is 2.40. The fraction of sp³-hybridized carbons (Fsp3) is 0.167. The standard InChI is InChI=1S/C18H14ClN3O3S/c1-22-17(12-4-7-15-16(8-12)25-10-24-15)20-21-18(22)26-9-14(23)11-2-5-13(19)6-3-11/h2-8H,9-10H2,1H3. The highest BCUT2D eigenvalue weighted by molar-refractivity contribution is 7.99. The maximum atomic E-state index is 12.3. The van der Waals surface area contributed by atoms with Crippen molar-refractivity contribution in [1.82, 2.24) is 14.8 Å². The van der Waals surface area contributed by atoms with Crippen LogP contribution in [0.2, 0.25) is 5.02 Å². The number of halogens is 1. The number of rotatable bonds is 5. The van der Waals surface area contributed by atoms with E-state index in [2.05, 4.69) is 10.2 Å². The van der Waals surface area contributed by atoms with Gasteiger partial charge in [-0.1, -0.05) is 23.4 Å². The monoisotopic (exact) mass is 387 g/mol. The Morgan fingerprint density at radius 3 is 2.73 bits per heavy atom. The Kier molecular flexibility index (Phi) is 4.57. The van der Waals surface area contributed by atoms with Crippen molar-refractivity contribution in [2.75, 3.05) is 12.5 Å². The zero-order chi connectivity index (χ0) is 18.1. The van der Waals surface area contributed by atoms with Crippen LogP contribution in [0, 0.1) is 0 Å². The minimum Gasteiger partial charge on any atom is -0.454 e. The molecule has 0 fully saturated rings. The Bertz CT molecular complexity index is 972. The number of ether oxygens (including phenoxy) is 2. The molecule has 1 aliphatic rings. The van der Waals surface area contributed by atoms with Gasteiger partial charge in [-0.2, -0.15) is 0 Å². The van der Waals surface area contributed by atoms with Crippen LogP contribution in [0.3, 0.4) is 0 Å². The molecule has 0 N–H and O–H groups in total. The van der Waals surface area contributed by atoms with E-state index in [-0.39, 0.29) is 18.3 Å². The lowest BCUT2D eigenvalue weighted by atomic mass is 10.1. The quantitative estimate of drug-likeness (QED) is 0.489. The number of thioether (sulfide) groups is 1. The molecule has 0 aliphatic carbocycles. The first-order valence-electron chi connectivity index (χ1n) is 7.83. The maximum Gasteiger partial charge on any atom is 0.231 e. The summed E-state index contributed by atoms with van der Waals surface area (Å²) in [7, 11) is 1.87. The third-order valence-corrected chi connectivity index (χ3v) is 5.24. The molecular formula is C18H14ClN3O3S. The van der Waals surface area contributed by atoms with E-state index in [1.165, 1.54) is 11.8 Å². The van der Waals surface area contributed by atoms with Crippen LogP contribution in [0.1, 0.15) is 10.4 Å². The first-order chi connectivity index (χ1) is 12.6. The summed E-state index contributed by atoms with van der Waals surface area (Å²) in [4.78, 5) is 12.3. The van der Waals surface area contributed by atoms with Crippen molar-refractivity contribution in [1.29, 1.82) is 0 Å². The summed E-state index contributed by atoms with van der Waals surface area (Å²) in [5, 5.41) is 9.71. The van der Waals surface area contributed by atoms with E-state index < -0.39 is 0 Å². The number of hydrogen-bond donors (Lipinski definition) is 0. The van der Waals surface area contributed by atoms with Crippen molar-refractivity contribution in [3.63, 3.8) is 0 Å². The first kappa shape index (κ1) is 16.9. The molecule has 1 aliphatic heterocycles. The van der Waals surface area contributed by atoms with Crippen LogP contribution in [0.4, 0.5) is 0 Å². The van der Waals surface area contributed by atoms with Gasteiger partial charge in [-0.25, -0.2) is 0 Å². The lowest BCUT2D eigenvalue weighted by Crippen LogP contribution is -2.03. The van der Waals surface area contributed by atoms with E-state index in [1.807, 2.05) is 29.8 Å². The van der Waals surface area contributed by atoms with Gasteiger partial charge < -0.3 is 14.0 Å². The van der Waals surface area contributed by atoms with Gasteiger partial charge in [-0.3, -0.25) is 4.79 Å². The molecule has 132 valence electrons. The molecule has 0 saturated carbocycles. The Balaban J connectivity index is 1.49. The van der Waals surface area contributed by atoms with Gasteiger partial charge in [0.05, 0.1) is 5.75 Å². The number of fused-ring (bicyclic) bond motifs is 1. The lowest BCUT2D eigenvalue weighted by Gasteiger charge is -2.05. The fourth-order valence-corrected chi connectivity index (χ4v) is 3.51. The lowest BCUT2D eigenvalue weighted by molar-refractivity contribution is 0.102. The van der Waals surface area contributed by atoms with Crippen molar-refractivity contribution in [3.05, 3.63) is 53.1 Å². The summed E-state index contributed by atoms with van der Waals surface area (Å²) < 4.78 is 12.6. The molecule has 0 bridgehead atoms. The maximum absolute atomic E-state index is 12.3. The fourth-order valence-electron chi connectivity index (χ4n) is 2.58. The van der Waals surface area contributed by atoms with E-state index in [0.717, 1.165) is 11.3 Å². The molecule has 2 heterocycles. The van der Waals surface area contributed by atoms with Gasteiger partial charge in [0.1, 0.15) is 0 Å². The summed E-state index contributed by atoms with van der Waals surface area (Å²) in [6.07, 6.45) is 0. The minimum atomic E-state index is 0.0132. The summed E-state index contributed by atoms with van der Waals surface area (Å²) in [6, 6.07) is 12.5. The van der Waals surface area contributed by atoms with Crippen molar-refractivity contribution in [3.8, 4) is 22.9 Å². The van der Waals surface area contributed by atoms with Crippen LogP contribution in [-0.2, 0) is 7.05 Å². The smallest absolute Gasteiger partial charge is 0.231 e. The number of carbonyl (C=O) groups excluding carboxylic acids is 1. The highest BCUT2D eigenvalue weighted by Gasteiger charge is 2.18. The van der Waals surface area contributed by atoms with Crippen LogP contribution < -0.4 is 9.47 Å². The number of hydrogen-bond acceptors (Lipinski definition) is 6. The van der Waals surface area contributed by atoms with E-state index in [0.29, 0.717) is 27.3 Å². The Hall–Kier alpha value is -2.51. The molecular weight excluding hydrogens is 374 g/mol. The Labute approximate surface area is 159 Å². The zero-order valence-corrected chi connectivity index (χ0v) is 15.4. The van der Waals surface area contributed by atoms with Gasteiger partial charge in [-0.05, 0) is 42.5 Å². The zero-order valence-electron chi connectivity index (χ0n) is 13.8. The van der Waals surface area contributed by atoms with Crippen LogP contribution in [-0.4, -0.2) is 33.1 Å². The predicted molar refractivity (Wildman–Crippen MR) is 99.1 cm³/mol. The molecule has 0 radical (unpaired) electrons. The molecule has 8 heteroatoms. The van der Waals surface area contributed by atoms with Crippen LogP contribution >= 0.6 is 23.4 Å². The normalized spacial score (nSPS) is 12.4. The van der Waals surface area contributed by atoms with E-state index in [9.17, 15) is 4.79 Å². The number of aromatic nitrogens is 3. The van der Waals surface area contributed by atoms with Crippen molar-refractivity contribution < 1.29 is 14.3 Å². The van der Waals surface area contributed by atoms with Crippen LogP contribution in [0.15, 0.2) is 47.6 Å². The third-order valence-electron chi connectivity index (χ3n) is 3.96. The largest absolute Gasteiger partial charge is 0.454 e. The highest BCUT2D eigenvalue weighted by atomic mass is 35.5. The molecule has 6 nitrogen and oxygen atoms in total. The van der Waals surface area contributed by atoms with Crippen molar-refractivity contribution >= 4 is 29.1 Å². The number of carbonyl (C=O) groups is 1. The number of ketones is 1. The first-order valence-corrected chi connectivity index (χ1v) is 9.19. The molecule has 0 atom stereocenters. The molecule has 4 rings (SSSR count). The topological polar surface area (TPSA) is 66.2 Å². The molecule has 0 amide bonds.